The molecular weight excluding hydrogens is 192 g/mol. The molecule has 0 radical (unpaired) electrons. The van der Waals surface area contributed by atoms with Crippen molar-refractivity contribution in [3.05, 3.63) is 0 Å². The van der Waals surface area contributed by atoms with E-state index >= 15 is 0 Å². The van der Waals surface area contributed by atoms with E-state index in [1.165, 1.54) is 0 Å². The molecule has 0 saturated carbocycles. The minimum absolute atomic E-state index is 0.0479. The summed E-state index contributed by atoms with van der Waals surface area (Å²) in [5, 5.41) is 8.66. The zero-order valence-electron chi connectivity index (χ0n) is 9.99. The Bertz CT molecular complexity index is 233. The fourth-order valence-corrected chi connectivity index (χ4v) is 1.11. The zero-order valence-corrected chi connectivity index (χ0v) is 9.99. The summed E-state index contributed by atoms with van der Waals surface area (Å²) in [5.74, 6) is -0.179. The highest BCUT2D eigenvalue weighted by Crippen LogP contribution is 2.00. The Morgan fingerprint density at radius 1 is 1.47 bits per heavy atom. The minimum atomic E-state index is -0.132. The van der Waals surface area contributed by atoms with Crippen molar-refractivity contribution in [1.29, 1.82) is 5.26 Å². The molecule has 1 unspecified atom stereocenters. The largest absolute Gasteiger partial charge is 0.369 e. The topological polar surface area (TPSA) is 53.3 Å². The molecule has 0 fully saturated rings. The Kier molecular flexibility index (Phi) is 6.72. The number of likely N-dealkylation sites (N-methyl/N-ethyl adjacent to an activating group) is 1. The Labute approximate surface area is 91.8 Å². The van der Waals surface area contributed by atoms with Crippen LogP contribution in [0.4, 0.5) is 0 Å². The van der Waals surface area contributed by atoms with Crippen LogP contribution in [0.25, 0.3) is 0 Å². The third kappa shape index (κ3) is 6.08. The summed E-state index contributed by atoms with van der Waals surface area (Å²) in [6, 6.07) is 2.11. The van der Waals surface area contributed by atoms with Gasteiger partial charge in [0, 0.05) is 13.1 Å². The number of hydrogen-bond donors (Lipinski definition) is 0. The first kappa shape index (κ1) is 13.9. The van der Waals surface area contributed by atoms with Gasteiger partial charge in [0.25, 0.3) is 0 Å². The fraction of sp³-hybridized carbons (Fsp3) is 0.818. The molecule has 0 aliphatic rings. The van der Waals surface area contributed by atoms with E-state index in [0.717, 1.165) is 0 Å². The standard InChI is InChI=1S/C11H20N2O2/c1-5-13(7-10(4)6-12)11(14)8-15-9(2)3/h9-10H,5,7-8H2,1-4H3. The number of ether oxygens (including phenoxy) is 1. The summed E-state index contributed by atoms with van der Waals surface area (Å²) in [5.41, 5.74) is 0. The van der Waals surface area contributed by atoms with Crippen LogP contribution in [-0.2, 0) is 9.53 Å². The van der Waals surface area contributed by atoms with E-state index in [1.807, 2.05) is 20.8 Å². The quantitative estimate of drug-likeness (QED) is 0.669. The van der Waals surface area contributed by atoms with Gasteiger partial charge in [-0.3, -0.25) is 4.79 Å². The molecule has 1 amide bonds. The van der Waals surface area contributed by atoms with Crippen molar-refractivity contribution in [2.75, 3.05) is 19.7 Å². The number of nitrogens with zero attached hydrogens (tertiary/aromatic N) is 2. The predicted molar refractivity (Wildman–Crippen MR) is 58.1 cm³/mol. The van der Waals surface area contributed by atoms with E-state index in [0.29, 0.717) is 13.1 Å². The molecule has 0 aromatic carbocycles. The third-order valence-corrected chi connectivity index (χ3v) is 1.99. The molecule has 15 heavy (non-hydrogen) atoms. The van der Waals surface area contributed by atoms with Gasteiger partial charge in [0.2, 0.25) is 5.91 Å². The Morgan fingerprint density at radius 3 is 2.47 bits per heavy atom. The summed E-state index contributed by atoms with van der Waals surface area (Å²) in [6.07, 6.45) is 0.0565. The lowest BCUT2D eigenvalue weighted by molar-refractivity contribution is -0.137. The van der Waals surface area contributed by atoms with E-state index in [4.69, 9.17) is 10.00 Å². The average Bonchev–Trinajstić information content (AvgIpc) is 2.21. The van der Waals surface area contributed by atoms with Gasteiger partial charge < -0.3 is 9.64 Å². The van der Waals surface area contributed by atoms with Gasteiger partial charge in [-0.1, -0.05) is 0 Å². The van der Waals surface area contributed by atoms with Gasteiger partial charge in [0.1, 0.15) is 6.61 Å². The first-order chi connectivity index (χ1) is 7.01. The first-order valence-corrected chi connectivity index (χ1v) is 5.30. The number of amides is 1. The van der Waals surface area contributed by atoms with Crippen LogP contribution in [-0.4, -0.2) is 36.6 Å². The van der Waals surface area contributed by atoms with Crippen LogP contribution < -0.4 is 0 Å². The first-order valence-electron chi connectivity index (χ1n) is 5.30. The van der Waals surface area contributed by atoms with Crippen LogP contribution in [0, 0.1) is 17.2 Å². The maximum Gasteiger partial charge on any atom is 0.248 e. The summed E-state index contributed by atoms with van der Waals surface area (Å²) >= 11 is 0. The Balaban J connectivity index is 4.06. The van der Waals surface area contributed by atoms with E-state index in [1.54, 1.807) is 11.8 Å². The van der Waals surface area contributed by atoms with Crippen molar-refractivity contribution in [3.63, 3.8) is 0 Å². The minimum Gasteiger partial charge on any atom is -0.369 e. The van der Waals surface area contributed by atoms with Gasteiger partial charge in [-0.05, 0) is 27.7 Å². The molecule has 4 nitrogen and oxygen atoms in total. The molecular formula is C11H20N2O2. The molecule has 0 spiro atoms. The Morgan fingerprint density at radius 2 is 2.07 bits per heavy atom. The number of nitriles is 1. The molecule has 0 rings (SSSR count). The lowest BCUT2D eigenvalue weighted by Crippen LogP contribution is -2.37. The summed E-state index contributed by atoms with van der Waals surface area (Å²) in [7, 11) is 0. The lowest BCUT2D eigenvalue weighted by atomic mass is 10.2. The van der Waals surface area contributed by atoms with Gasteiger partial charge >= 0.3 is 0 Å². The van der Waals surface area contributed by atoms with Crippen molar-refractivity contribution in [1.82, 2.24) is 4.90 Å². The second-order valence-electron chi connectivity index (χ2n) is 3.82. The van der Waals surface area contributed by atoms with Crippen molar-refractivity contribution >= 4 is 5.91 Å². The van der Waals surface area contributed by atoms with E-state index in [9.17, 15) is 4.79 Å². The van der Waals surface area contributed by atoms with Crippen LogP contribution in [0.1, 0.15) is 27.7 Å². The van der Waals surface area contributed by atoms with Crippen LogP contribution in [0.2, 0.25) is 0 Å². The molecule has 4 heteroatoms. The SMILES string of the molecule is CCN(CC(C)C#N)C(=O)COC(C)C. The van der Waals surface area contributed by atoms with Crippen LogP contribution in [0.5, 0.6) is 0 Å². The highest BCUT2D eigenvalue weighted by atomic mass is 16.5. The molecule has 0 aliphatic carbocycles. The van der Waals surface area contributed by atoms with Gasteiger partial charge in [-0.25, -0.2) is 0 Å². The molecule has 0 bridgehead atoms. The smallest absolute Gasteiger partial charge is 0.248 e. The van der Waals surface area contributed by atoms with Gasteiger partial charge in [0.15, 0.2) is 0 Å². The third-order valence-electron chi connectivity index (χ3n) is 1.99. The second kappa shape index (κ2) is 7.24. The van der Waals surface area contributed by atoms with E-state index < -0.39 is 0 Å². The highest BCUT2D eigenvalue weighted by molar-refractivity contribution is 5.77. The van der Waals surface area contributed by atoms with Gasteiger partial charge in [-0.2, -0.15) is 5.26 Å². The van der Waals surface area contributed by atoms with Gasteiger partial charge in [0.05, 0.1) is 18.1 Å². The number of hydrogen-bond acceptors (Lipinski definition) is 3. The molecule has 1 atom stereocenters. The number of rotatable bonds is 6. The molecule has 0 saturated heterocycles. The molecule has 0 aromatic rings. The average molecular weight is 212 g/mol. The van der Waals surface area contributed by atoms with E-state index in [-0.39, 0.29) is 24.5 Å². The lowest BCUT2D eigenvalue weighted by Gasteiger charge is -2.22. The predicted octanol–water partition coefficient (Wildman–Crippen LogP) is 1.42. The van der Waals surface area contributed by atoms with Gasteiger partial charge in [-0.15, -0.1) is 0 Å². The zero-order chi connectivity index (χ0) is 11.8. The van der Waals surface area contributed by atoms with Crippen LogP contribution in [0.15, 0.2) is 0 Å². The van der Waals surface area contributed by atoms with Crippen molar-refractivity contribution in [2.24, 2.45) is 5.92 Å². The summed E-state index contributed by atoms with van der Waals surface area (Å²) < 4.78 is 5.23. The van der Waals surface area contributed by atoms with E-state index in [2.05, 4.69) is 6.07 Å². The maximum atomic E-state index is 11.6. The monoisotopic (exact) mass is 212 g/mol. The summed E-state index contributed by atoms with van der Waals surface area (Å²) in [6.45, 7) is 8.68. The normalized spacial score (nSPS) is 12.3. The number of carbonyl (C=O) groups is 1. The van der Waals surface area contributed by atoms with Crippen molar-refractivity contribution in [3.8, 4) is 6.07 Å². The summed E-state index contributed by atoms with van der Waals surface area (Å²) in [4.78, 5) is 13.3. The molecule has 0 aliphatic heterocycles. The molecule has 0 N–H and O–H groups in total. The van der Waals surface area contributed by atoms with Crippen molar-refractivity contribution in [2.45, 2.75) is 33.8 Å². The maximum absolute atomic E-state index is 11.6. The van der Waals surface area contributed by atoms with Crippen LogP contribution >= 0.6 is 0 Å². The molecule has 0 aromatic heterocycles. The Hall–Kier alpha value is -1.08. The molecule has 86 valence electrons. The highest BCUT2D eigenvalue weighted by Gasteiger charge is 2.14. The van der Waals surface area contributed by atoms with Crippen molar-refractivity contribution < 1.29 is 9.53 Å². The fourth-order valence-electron chi connectivity index (χ4n) is 1.11. The second-order valence-corrected chi connectivity index (χ2v) is 3.82. The number of carbonyl (C=O) groups excluding carboxylic acids is 1. The molecule has 0 heterocycles. The van der Waals surface area contributed by atoms with Crippen LogP contribution in [0.3, 0.4) is 0 Å².